The molecular weight excluding hydrogens is 244 g/mol. The predicted molar refractivity (Wildman–Crippen MR) is 74.5 cm³/mol. The lowest BCUT2D eigenvalue weighted by Gasteiger charge is -2.28. The van der Waals surface area contributed by atoms with E-state index in [1.165, 1.54) is 11.1 Å². The van der Waals surface area contributed by atoms with Gasteiger partial charge in [0.1, 0.15) is 5.25 Å². The molecule has 0 saturated carbocycles. The lowest BCUT2D eigenvalue weighted by atomic mass is 10.0. The molecule has 1 fully saturated rings. The molecule has 0 bridgehead atoms. The molecule has 0 aromatic heterocycles. The van der Waals surface area contributed by atoms with Crippen molar-refractivity contribution >= 4 is 17.7 Å². The Hall–Kier alpha value is -1.00. The number of nitrogens with zero attached hydrogens (tertiary/aromatic N) is 1. The highest BCUT2D eigenvalue weighted by Gasteiger charge is 2.33. The first kappa shape index (κ1) is 12.1. The first-order valence-electron chi connectivity index (χ1n) is 6.49. The number of rotatable bonds is 1. The lowest BCUT2D eigenvalue weighted by Crippen LogP contribution is -2.35. The number of nitrogens with two attached hydrogens (primary N) is 1. The van der Waals surface area contributed by atoms with Gasteiger partial charge in [-0.1, -0.05) is 24.3 Å². The first-order valence-corrected chi connectivity index (χ1v) is 7.54. The van der Waals surface area contributed by atoms with Gasteiger partial charge in [-0.2, -0.15) is 0 Å². The normalized spacial score (nSPS) is 27.1. The van der Waals surface area contributed by atoms with Crippen molar-refractivity contribution < 1.29 is 4.79 Å². The summed E-state index contributed by atoms with van der Waals surface area (Å²) in [5.41, 5.74) is 8.43. The smallest absolute Gasteiger partial charge is 0.240 e. The minimum atomic E-state index is -0.0137. The van der Waals surface area contributed by atoms with E-state index in [0.29, 0.717) is 0 Å². The lowest BCUT2D eigenvalue weighted by molar-refractivity contribution is -0.129. The third-order valence-electron chi connectivity index (χ3n) is 3.75. The number of hydrogen-bond acceptors (Lipinski definition) is 3. The van der Waals surface area contributed by atoms with Crippen molar-refractivity contribution in [1.29, 1.82) is 0 Å². The average Bonchev–Trinajstić information content (AvgIpc) is 2.84. The van der Waals surface area contributed by atoms with Crippen molar-refractivity contribution in [2.24, 2.45) is 5.73 Å². The van der Waals surface area contributed by atoms with Crippen LogP contribution in [-0.4, -0.2) is 35.7 Å². The summed E-state index contributed by atoms with van der Waals surface area (Å²) < 4.78 is 0. The Bertz CT molecular complexity index is 463. The van der Waals surface area contributed by atoms with Gasteiger partial charge in [0.05, 0.1) is 0 Å². The molecule has 0 unspecified atom stereocenters. The second kappa shape index (κ2) is 4.94. The molecule has 2 heterocycles. The maximum atomic E-state index is 12.6. The molecule has 1 aromatic carbocycles. The van der Waals surface area contributed by atoms with E-state index in [-0.39, 0.29) is 17.2 Å². The summed E-state index contributed by atoms with van der Waals surface area (Å²) in [5.74, 6) is 1.29. The number of hydrogen-bond donors (Lipinski definition) is 1. The van der Waals surface area contributed by atoms with Crippen molar-refractivity contribution in [1.82, 2.24) is 4.90 Å². The molecular formula is C14H18N2OS. The third kappa shape index (κ3) is 2.15. The number of carbonyl (C=O) groups excluding carboxylic acids is 1. The minimum absolute atomic E-state index is 0.0137. The molecule has 2 aliphatic heterocycles. The summed E-state index contributed by atoms with van der Waals surface area (Å²) in [4.78, 5) is 14.5. The Morgan fingerprint density at radius 2 is 2.22 bits per heavy atom. The summed E-state index contributed by atoms with van der Waals surface area (Å²) in [5, 5.41) is -0.0137. The maximum Gasteiger partial charge on any atom is 0.240 e. The molecule has 1 aromatic rings. The Balaban J connectivity index is 1.83. The minimum Gasteiger partial charge on any atom is -0.340 e. The van der Waals surface area contributed by atoms with Crippen LogP contribution in [0.25, 0.3) is 0 Å². The van der Waals surface area contributed by atoms with Crippen LogP contribution in [0, 0.1) is 0 Å². The van der Waals surface area contributed by atoms with Crippen LogP contribution in [0.15, 0.2) is 24.3 Å². The van der Waals surface area contributed by atoms with E-state index in [4.69, 9.17) is 5.73 Å². The summed E-state index contributed by atoms with van der Waals surface area (Å²) in [6.45, 7) is 1.54. The molecule has 2 aliphatic rings. The Morgan fingerprint density at radius 1 is 1.39 bits per heavy atom. The highest BCUT2D eigenvalue weighted by Crippen LogP contribution is 2.38. The predicted octanol–water partition coefficient (Wildman–Crippen LogP) is 1.58. The molecule has 0 radical (unpaired) electrons. The molecule has 4 heteroatoms. The van der Waals surface area contributed by atoms with Gasteiger partial charge in [-0.15, -0.1) is 11.8 Å². The molecule has 18 heavy (non-hydrogen) atoms. The molecule has 1 saturated heterocycles. The van der Waals surface area contributed by atoms with Crippen LogP contribution in [0.5, 0.6) is 0 Å². The van der Waals surface area contributed by atoms with Gasteiger partial charge >= 0.3 is 0 Å². The van der Waals surface area contributed by atoms with E-state index in [1.54, 1.807) is 11.8 Å². The number of carbonyl (C=O) groups is 1. The molecule has 2 atom stereocenters. The van der Waals surface area contributed by atoms with Crippen molar-refractivity contribution in [3.63, 3.8) is 0 Å². The Labute approximate surface area is 112 Å². The fourth-order valence-corrected chi connectivity index (χ4v) is 4.03. The van der Waals surface area contributed by atoms with E-state index in [0.717, 1.165) is 31.7 Å². The van der Waals surface area contributed by atoms with Crippen LogP contribution >= 0.6 is 11.8 Å². The van der Waals surface area contributed by atoms with Gasteiger partial charge in [0.15, 0.2) is 0 Å². The average molecular weight is 262 g/mol. The monoisotopic (exact) mass is 262 g/mol. The molecule has 3 nitrogen and oxygen atoms in total. The standard InChI is InChI=1S/C14H18N2OS/c15-11-5-7-16(9-11)14(17)13-12-4-2-1-3-10(12)6-8-18-13/h1-4,11,13H,5-9,15H2/t11-,13-/m1/s1. The number of likely N-dealkylation sites (tertiary alicyclic amines) is 1. The number of benzene rings is 1. The quantitative estimate of drug-likeness (QED) is 0.836. The zero-order valence-corrected chi connectivity index (χ0v) is 11.2. The number of amides is 1. The fourth-order valence-electron chi connectivity index (χ4n) is 2.75. The van der Waals surface area contributed by atoms with Crippen molar-refractivity contribution in [2.45, 2.75) is 24.1 Å². The molecule has 1 amide bonds. The number of fused-ring (bicyclic) bond motifs is 1. The highest BCUT2D eigenvalue weighted by atomic mass is 32.2. The molecule has 0 aliphatic carbocycles. The van der Waals surface area contributed by atoms with Crippen LogP contribution in [0.2, 0.25) is 0 Å². The summed E-state index contributed by atoms with van der Waals surface area (Å²) >= 11 is 1.77. The highest BCUT2D eigenvalue weighted by molar-refractivity contribution is 8.00. The van der Waals surface area contributed by atoms with E-state index in [9.17, 15) is 4.79 Å². The van der Waals surface area contributed by atoms with Gasteiger partial charge in [0.2, 0.25) is 5.91 Å². The van der Waals surface area contributed by atoms with Crippen LogP contribution in [0.1, 0.15) is 22.8 Å². The van der Waals surface area contributed by atoms with Crippen molar-refractivity contribution in [3.8, 4) is 0 Å². The van der Waals surface area contributed by atoms with Crippen LogP contribution < -0.4 is 5.73 Å². The van der Waals surface area contributed by atoms with Gasteiger partial charge in [0, 0.05) is 19.1 Å². The van der Waals surface area contributed by atoms with E-state index >= 15 is 0 Å². The van der Waals surface area contributed by atoms with E-state index < -0.39 is 0 Å². The van der Waals surface area contributed by atoms with E-state index in [1.807, 2.05) is 11.0 Å². The third-order valence-corrected chi connectivity index (χ3v) is 4.98. The summed E-state index contributed by atoms with van der Waals surface area (Å²) in [6.07, 6.45) is 2.01. The molecule has 96 valence electrons. The van der Waals surface area contributed by atoms with Crippen LogP contribution in [0.4, 0.5) is 0 Å². The summed E-state index contributed by atoms with van der Waals surface area (Å²) in [6, 6.07) is 8.49. The van der Waals surface area contributed by atoms with E-state index in [2.05, 4.69) is 18.2 Å². The number of aryl methyl sites for hydroxylation is 1. The summed E-state index contributed by atoms with van der Waals surface area (Å²) in [7, 11) is 0. The fraction of sp³-hybridized carbons (Fsp3) is 0.500. The topological polar surface area (TPSA) is 46.3 Å². The Kier molecular flexibility index (Phi) is 3.31. The van der Waals surface area contributed by atoms with Gasteiger partial charge in [0.25, 0.3) is 0 Å². The second-order valence-corrected chi connectivity index (χ2v) is 6.25. The molecule has 3 rings (SSSR count). The molecule has 0 spiro atoms. The Morgan fingerprint density at radius 3 is 3.00 bits per heavy atom. The maximum absolute atomic E-state index is 12.6. The van der Waals surface area contributed by atoms with Gasteiger partial charge in [-0.25, -0.2) is 0 Å². The zero-order valence-electron chi connectivity index (χ0n) is 10.3. The van der Waals surface area contributed by atoms with Crippen LogP contribution in [0.3, 0.4) is 0 Å². The first-order chi connectivity index (χ1) is 8.75. The zero-order chi connectivity index (χ0) is 12.5. The van der Waals surface area contributed by atoms with Gasteiger partial charge in [-0.05, 0) is 29.7 Å². The number of thioether (sulfide) groups is 1. The van der Waals surface area contributed by atoms with Gasteiger partial charge in [-0.3, -0.25) is 4.79 Å². The molecule has 2 N–H and O–H groups in total. The second-order valence-electron chi connectivity index (χ2n) is 5.03. The van der Waals surface area contributed by atoms with Gasteiger partial charge < -0.3 is 10.6 Å². The van der Waals surface area contributed by atoms with Crippen molar-refractivity contribution in [2.75, 3.05) is 18.8 Å². The largest absolute Gasteiger partial charge is 0.340 e. The van der Waals surface area contributed by atoms with Crippen molar-refractivity contribution in [3.05, 3.63) is 35.4 Å². The van der Waals surface area contributed by atoms with Crippen LogP contribution in [-0.2, 0) is 11.2 Å². The SMILES string of the molecule is N[C@@H]1CCN(C(=O)[C@@H]2SCCc3ccccc32)C1.